The molecule has 3 aliphatic rings. The van der Waals surface area contributed by atoms with Crippen molar-refractivity contribution in [3.05, 3.63) is 0 Å². The van der Waals surface area contributed by atoms with Crippen molar-refractivity contribution in [2.45, 2.75) is 50.6 Å². The van der Waals surface area contributed by atoms with Gasteiger partial charge in [0.15, 0.2) is 9.84 Å². The number of nitrogens with one attached hydrogen (secondary N) is 1. The topological polar surface area (TPSA) is 89.3 Å². The molecule has 0 radical (unpaired) electrons. The van der Waals surface area contributed by atoms with Gasteiger partial charge in [0.1, 0.15) is 0 Å². The predicted molar refractivity (Wildman–Crippen MR) is 76.7 cm³/mol. The van der Waals surface area contributed by atoms with E-state index in [2.05, 4.69) is 5.32 Å². The zero-order chi connectivity index (χ0) is 14.3. The number of carbonyl (C=O) groups is 1. The molecule has 2 aliphatic carbocycles. The molecule has 20 heavy (non-hydrogen) atoms. The molecule has 1 amide bonds. The zero-order valence-electron chi connectivity index (χ0n) is 11.8. The van der Waals surface area contributed by atoms with E-state index in [1.165, 1.54) is 6.42 Å². The third-order valence-corrected chi connectivity index (χ3v) is 7.13. The molecule has 3 N–H and O–H groups in total. The maximum Gasteiger partial charge on any atom is 0.223 e. The molecule has 1 heterocycles. The van der Waals surface area contributed by atoms with E-state index >= 15 is 0 Å². The summed E-state index contributed by atoms with van der Waals surface area (Å²) in [4.78, 5) is 12.4. The van der Waals surface area contributed by atoms with Gasteiger partial charge in [-0.2, -0.15) is 0 Å². The van der Waals surface area contributed by atoms with Crippen molar-refractivity contribution >= 4 is 15.7 Å². The summed E-state index contributed by atoms with van der Waals surface area (Å²) in [5.41, 5.74) is 6.23. The molecular weight excluding hydrogens is 276 g/mol. The zero-order valence-corrected chi connectivity index (χ0v) is 12.6. The molecule has 2 saturated carbocycles. The van der Waals surface area contributed by atoms with Crippen molar-refractivity contribution in [1.29, 1.82) is 0 Å². The molecule has 0 aromatic rings. The molecule has 0 aromatic heterocycles. The fraction of sp³-hybridized carbons (Fsp3) is 0.929. The fourth-order valence-corrected chi connectivity index (χ4v) is 5.90. The molecule has 2 bridgehead atoms. The van der Waals surface area contributed by atoms with Crippen LogP contribution in [0.2, 0.25) is 0 Å². The summed E-state index contributed by atoms with van der Waals surface area (Å²) in [5, 5.41) is 2.95. The summed E-state index contributed by atoms with van der Waals surface area (Å²) in [6.45, 7) is 0. The Morgan fingerprint density at radius 3 is 2.30 bits per heavy atom. The van der Waals surface area contributed by atoms with Crippen LogP contribution in [0, 0.1) is 17.8 Å². The third-order valence-electron chi connectivity index (χ3n) is 5.36. The average Bonchev–Trinajstić information content (AvgIpc) is 2.68. The summed E-state index contributed by atoms with van der Waals surface area (Å²) >= 11 is 0. The highest BCUT2D eigenvalue weighted by molar-refractivity contribution is 7.91. The van der Waals surface area contributed by atoms with Gasteiger partial charge in [0.05, 0.1) is 11.5 Å². The van der Waals surface area contributed by atoms with E-state index in [9.17, 15) is 13.2 Å². The Balaban J connectivity index is 1.58. The minimum Gasteiger partial charge on any atom is -0.352 e. The van der Waals surface area contributed by atoms with Crippen molar-refractivity contribution < 1.29 is 13.2 Å². The van der Waals surface area contributed by atoms with Crippen molar-refractivity contribution in [1.82, 2.24) is 5.32 Å². The van der Waals surface area contributed by atoms with Gasteiger partial charge < -0.3 is 11.1 Å². The Morgan fingerprint density at radius 2 is 1.75 bits per heavy atom. The molecule has 3 rings (SSSR count). The summed E-state index contributed by atoms with van der Waals surface area (Å²) in [5.74, 6) is 1.36. The smallest absolute Gasteiger partial charge is 0.223 e. The number of sulfone groups is 1. The van der Waals surface area contributed by atoms with E-state index in [-0.39, 0.29) is 35.4 Å². The second kappa shape index (κ2) is 5.30. The first-order chi connectivity index (χ1) is 9.44. The molecule has 1 aliphatic heterocycles. The van der Waals surface area contributed by atoms with Gasteiger partial charge >= 0.3 is 0 Å². The second-order valence-electron chi connectivity index (χ2n) is 6.81. The van der Waals surface area contributed by atoms with Crippen molar-refractivity contribution in [3.8, 4) is 0 Å². The Morgan fingerprint density at radius 1 is 1.10 bits per heavy atom. The van der Waals surface area contributed by atoms with Crippen LogP contribution < -0.4 is 11.1 Å². The minimum absolute atomic E-state index is 0.0356. The van der Waals surface area contributed by atoms with Gasteiger partial charge in [-0.3, -0.25) is 4.79 Å². The monoisotopic (exact) mass is 300 g/mol. The Labute approximate surface area is 120 Å². The van der Waals surface area contributed by atoms with E-state index in [0.717, 1.165) is 25.7 Å². The van der Waals surface area contributed by atoms with Crippen LogP contribution in [0.15, 0.2) is 0 Å². The van der Waals surface area contributed by atoms with E-state index in [1.54, 1.807) is 0 Å². The van der Waals surface area contributed by atoms with Crippen LogP contribution in [0.3, 0.4) is 0 Å². The predicted octanol–water partition coefficient (Wildman–Crippen LogP) is 0.443. The van der Waals surface area contributed by atoms with Gasteiger partial charge in [-0.1, -0.05) is 6.42 Å². The molecule has 114 valence electrons. The number of hydrogen-bond acceptors (Lipinski definition) is 4. The first-order valence-corrected chi connectivity index (χ1v) is 9.53. The maximum atomic E-state index is 12.4. The normalized spacial score (nSPS) is 43.1. The Bertz CT molecular complexity index is 477. The minimum atomic E-state index is -2.93. The molecule has 3 atom stereocenters. The van der Waals surface area contributed by atoms with Gasteiger partial charge in [-0.25, -0.2) is 8.42 Å². The summed E-state index contributed by atoms with van der Waals surface area (Å²) in [6, 6.07) is 0.0857. The quantitative estimate of drug-likeness (QED) is 0.774. The molecule has 1 saturated heterocycles. The molecular formula is C14H24N2O3S. The highest BCUT2D eigenvalue weighted by Crippen LogP contribution is 2.41. The third kappa shape index (κ3) is 2.86. The van der Waals surface area contributed by atoms with Gasteiger partial charge in [-0.05, 0) is 43.9 Å². The van der Waals surface area contributed by atoms with Gasteiger partial charge in [0, 0.05) is 18.0 Å². The number of fused-ring (bicyclic) bond motifs is 2. The molecule has 6 heteroatoms. The highest BCUT2D eigenvalue weighted by atomic mass is 32.2. The Hall–Kier alpha value is -0.620. The first-order valence-electron chi connectivity index (χ1n) is 7.71. The lowest BCUT2D eigenvalue weighted by Gasteiger charge is -2.43. The summed E-state index contributed by atoms with van der Waals surface area (Å²) in [7, 11) is -2.93. The van der Waals surface area contributed by atoms with Crippen LogP contribution >= 0.6 is 0 Å². The lowest BCUT2D eigenvalue weighted by molar-refractivity contribution is -0.128. The molecule has 3 fully saturated rings. The van der Waals surface area contributed by atoms with Crippen molar-refractivity contribution in [2.24, 2.45) is 23.5 Å². The summed E-state index contributed by atoms with van der Waals surface area (Å²) in [6.07, 6.45) is 5.83. The average molecular weight is 300 g/mol. The molecule has 5 nitrogen and oxygen atoms in total. The standard InChI is InChI=1S/C14H24N2O3S/c15-13-9-2-1-3-10(13)7-11(6-9)14(17)16-12-4-5-20(18,19)8-12/h9-13H,1-8,15H2,(H,16,17). The van der Waals surface area contributed by atoms with E-state index < -0.39 is 9.84 Å². The van der Waals surface area contributed by atoms with Crippen molar-refractivity contribution in [3.63, 3.8) is 0 Å². The fourth-order valence-electron chi connectivity index (χ4n) is 4.23. The van der Waals surface area contributed by atoms with Crippen LogP contribution in [-0.4, -0.2) is 37.9 Å². The molecule has 0 aromatic carbocycles. The van der Waals surface area contributed by atoms with E-state index in [1.807, 2.05) is 0 Å². The maximum absolute atomic E-state index is 12.4. The van der Waals surface area contributed by atoms with E-state index in [0.29, 0.717) is 18.3 Å². The number of hydrogen-bond donors (Lipinski definition) is 2. The van der Waals surface area contributed by atoms with Crippen molar-refractivity contribution in [2.75, 3.05) is 11.5 Å². The summed E-state index contributed by atoms with van der Waals surface area (Å²) < 4.78 is 22.9. The van der Waals surface area contributed by atoms with Gasteiger partial charge in [-0.15, -0.1) is 0 Å². The lowest BCUT2D eigenvalue weighted by Crippen LogP contribution is -2.50. The molecule has 3 unspecified atom stereocenters. The number of carbonyl (C=O) groups excluding carboxylic acids is 1. The van der Waals surface area contributed by atoms with E-state index in [4.69, 9.17) is 5.73 Å². The van der Waals surface area contributed by atoms with Crippen LogP contribution in [-0.2, 0) is 14.6 Å². The highest BCUT2D eigenvalue weighted by Gasteiger charge is 2.41. The van der Waals surface area contributed by atoms with Crippen LogP contribution in [0.25, 0.3) is 0 Å². The second-order valence-corrected chi connectivity index (χ2v) is 9.03. The number of rotatable bonds is 2. The number of nitrogens with two attached hydrogens (primary N) is 1. The Kier molecular flexibility index (Phi) is 3.79. The van der Waals surface area contributed by atoms with Gasteiger partial charge in [0.25, 0.3) is 0 Å². The SMILES string of the molecule is NC1C2CCCC1CC(C(=O)NC1CCS(=O)(=O)C1)C2. The number of amides is 1. The van der Waals surface area contributed by atoms with Crippen LogP contribution in [0.1, 0.15) is 38.5 Å². The largest absolute Gasteiger partial charge is 0.352 e. The van der Waals surface area contributed by atoms with Crippen LogP contribution in [0.4, 0.5) is 0 Å². The lowest BCUT2D eigenvalue weighted by atomic mass is 9.65. The van der Waals surface area contributed by atoms with Gasteiger partial charge in [0.2, 0.25) is 5.91 Å². The molecule has 0 spiro atoms. The van der Waals surface area contributed by atoms with Crippen LogP contribution in [0.5, 0.6) is 0 Å². The first kappa shape index (κ1) is 14.3.